The predicted octanol–water partition coefficient (Wildman–Crippen LogP) is 3.51. The Morgan fingerprint density at radius 1 is 1.08 bits per heavy atom. The maximum atomic E-state index is 12.0. The van der Waals surface area contributed by atoms with Crippen LogP contribution in [0.25, 0.3) is 6.08 Å². The van der Waals surface area contributed by atoms with Gasteiger partial charge in [0.1, 0.15) is 5.75 Å². The van der Waals surface area contributed by atoms with Gasteiger partial charge < -0.3 is 14.8 Å². The van der Waals surface area contributed by atoms with Crippen LogP contribution in [0.4, 0.5) is 10.5 Å². The van der Waals surface area contributed by atoms with E-state index < -0.39 is 6.09 Å². The summed E-state index contributed by atoms with van der Waals surface area (Å²) in [6.45, 7) is 2.36. The molecule has 0 aliphatic carbocycles. The third-order valence-corrected chi connectivity index (χ3v) is 3.65. The van der Waals surface area contributed by atoms with Gasteiger partial charge in [-0.1, -0.05) is 23.8 Å². The monoisotopic (exact) mass is 354 g/mol. The molecule has 0 aromatic heterocycles. The van der Waals surface area contributed by atoms with E-state index in [0.29, 0.717) is 18.0 Å². The lowest BCUT2D eigenvalue weighted by Gasteiger charge is -2.07. The fraction of sp³-hybridized carbons (Fsp3) is 0.200. The van der Waals surface area contributed by atoms with Crippen molar-refractivity contribution in [2.45, 2.75) is 13.5 Å². The number of carbonyl (C=O) groups is 2. The number of nitrogens with one attached hydrogen (secondary N) is 2. The average Bonchev–Trinajstić information content (AvgIpc) is 2.65. The van der Waals surface area contributed by atoms with Crippen molar-refractivity contribution < 1.29 is 19.1 Å². The summed E-state index contributed by atoms with van der Waals surface area (Å²) in [5.74, 6) is 0.513. The Balaban J connectivity index is 1.90. The zero-order valence-corrected chi connectivity index (χ0v) is 15.0. The van der Waals surface area contributed by atoms with Crippen LogP contribution < -0.4 is 15.4 Å². The topological polar surface area (TPSA) is 76.7 Å². The van der Waals surface area contributed by atoms with Gasteiger partial charge in [-0.3, -0.25) is 10.1 Å². The van der Waals surface area contributed by atoms with Crippen LogP contribution in [0.1, 0.15) is 16.7 Å². The lowest BCUT2D eigenvalue weighted by atomic mass is 10.1. The summed E-state index contributed by atoms with van der Waals surface area (Å²) in [7, 11) is 2.90. The van der Waals surface area contributed by atoms with Gasteiger partial charge in [-0.15, -0.1) is 0 Å². The minimum Gasteiger partial charge on any atom is -0.496 e. The van der Waals surface area contributed by atoms with Gasteiger partial charge in [0.25, 0.3) is 0 Å². The fourth-order valence-corrected chi connectivity index (χ4v) is 2.27. The first kappa shape index (κ1) is 19.1. The zero-order chi connectivity index (χ0) is 18.9. The molecule has 2 aromatic carbocycles. The second-order valence-electron chi connectivity index (χ2n) is 5.61. The lowest BCUT2D eigenvalue weighted by Crippen LogP contribution is -2.20. The van der Waals surface area contributed by atoms with E-state index in [4.69, 9.17) is 4.74 Å². The summed E-state index contributed by atoms with van der Waals surface area (Å²) >= 11 is 0. The normalized spacial score (nSPS) is 10.4. The molecule has 0 aliphatic heterocycles. The van der Waals surface area contributed by atoms with Crippen molar-refractivity contribution in [3.8, 4) is 5.75 Å². The highest BCUT2D eigenvalue weighted by Crippen LogP contribution is 2.20. The Hall–Kier alpha value is -3.28. The van der Waals surface area contributed by atoms with E-state index in [1.54, 1.807) is 25.3 Å². The molecule has 6 nitrogen and oxygen atoms in total. The average molecular weight is 354 g/mol. The van der Waals surface area contributed by atoms with Crippen molar-refractivity contribution in [1.29, 1.82) is 0 Å². The van der Waals surface area contributed by atoms with Gasteiger partial charge in [0.05, 0.1) is 14.2 Å². The Morgan fingerprint density at radius 2 is 1.81 bits per heavy atom. The molecule has 0 heterocycles. The first-order chi connectivity index (χ1) is 12.5. The van der Waals surface area contributed by atoms with Crippen molar-refractivity contribution >= 4 is 23.8 Å². The summed E-state index contributed by atoms with van der Waals surface area (Å²) in [6.07, 6.45) is 2.68. The van der Waals surface area contributed by atoms with Crippen molar-refractivity contribution in [3.63, 3.8) is 0 Å². The van der Waals surface area contributed by atoms with Crippen molar-refractivity contribution in [3.05, 3.63) is 65.2 Å². The number of amides is 2. The Labute approximate surface area is 152 Å². The minimum atomic E-state index is -0.525. The van der Waals surface area contributed by atoms with E-state index >= 15 is 0 Å². The molecular formula is C20H22N2O4. The minimum absolute atomic E-state index is 0.203. The first-order valence-corrected chi connectivity index (χ1v) is 8.06. The second kappa shape index (κ2) is 9.27. The summed E-state index contributed by atoms with van der Waals surface area (Å²) in [5, 5.41) is 5.38. The van der Waals surface area contributed by atoms with Crippen LogP contribution in [0, 0.1) is 6.92 Å². The molecule has 0 aliphatic rings. The van der Waals surface area contributed by atoms with Crippen molar-refractivity contribution in [2.24, 2.45) is 0 Å². The van der Waals surface area contributed by atoms with Gasteiger partial charge in [0.15, 0.2) is 0 Å². The van der Waals surface area contributed by atoms with Gasteiger partial charge in [-0.25, -0.2) is 4.79 Å². The molecule has 2 aromatic rings. The fourth-order valence-electron chi connectivity index (χ4n) is 2.27. The highest BCUT2D eigenvalue weighted by atomic mass is 16.5. The van der Waals surface area contributed by atoms with Crippen LogP contribution in [0.5, 0.6) is 5.75 Å². The van der Waals surface area contributed by atoms with E-state index in [1.165, 1.54) is 13.2 Å². The maximum absolute atomic E-state index is 12.0. The molecule has 0 fully saturated rings. The highest BCUT2D eigenvalue weighted by molar-refractivity contribution is 5.92. The van der Waals surface area contributed by atoms with E-state index in [-0.39, 0.29) is 5.91 Å². The number of benzene rings is 2. The van der Waals surface area contributed by atoms with E-state index in [9.17, 15) is 9.59 Å². The molecular weight excluding hydrogens is 332 g/mol. The summed E-state index contributed by atoms with van der Waals surface area (Å²) in [5.41, 5.74) is 3.47. The third-order valence-electron chi connectivity index (χ3n) is 3.65. The number of methoxy groups -OCH3 is 2. The number of ether oxygens (including phenoxy) is 2. The Morgan fingerprint density at radius 3 is 2.46 bits per heavy atom. The number of anilines is 1. The molecule has 0 atom stereocenters. The summed E-state index contributed by atoms with van der Waals surface area (Å²) < 4.78 is 9.81. The lowest BCUT2D eigenvalue weighted by molar-refractivity contribution is -0.116. The highest BCUT2D eigenvalue weighted by Gasteiger charge is 2.03. The predicted molar refractivity (Wildman–Crippen MR) is 101 cm³/mol. The van der Waals surface area contributed by atoms with Gasteiger partial charge >= 0.3 is 6.09 Å². The molecule has 0 spiro atoms. The van der Waals surface area contributed by atoms with Crippen LogP contribution in [0.15, 0.2) is 48.5 Å². The molecule has 26 heavy (non-hydrogen) atoms. The molecule has 2 N–H and O–H groups in total. The molecule has 0 saturated carbocycles. The Kier molecular flexibility index (Phi) is 6.79. The van der Waals surface area contributed by atoms with Crippen LogP contribution in [-0.4, -0.2) is 26.2 Å². The van der Waals surface area contributed by atoms with Crippen LogP contribution >= 0.6 is 0 Å². The molecule has 0 bridgehead atoms. The molecule has 0 unspecified atom stereocenters. The van der Waals surface area contributed by atoms with Crippen molar-refractivity contribution in [1.82, 2.24) is 5.32 Å². The quantitative estimate of drug-likeness (QED) is 0.778. The second-order valence-corrected chi connectivity index (χ2v) is 5.61. The van der Waals surface area contributed by atoms with E-state index in [1.807, 2.05) is 37.3 Å². The molecule has 6 heteroatoms. The van der Waals surface area contributed by atoms with Gasteiger partial charge in [-0.05, 0) is 42.8 Å². The summed E-state index contributed by atoms with van der Waals surface area (Å²) in [6, 6.07) is 12.9. The first-order valence-electron chi connectivity index (χ1n) is 8.06. The standard InChI is InChI=1S/C20H22N2O4/c1-14-4-10-18(25-2)16(12-14)7-11-19(23)21-13-15-5-8-17(9-6-15)22-20(24)26-3/h4-12H,13H2,1-3H3,(H,21,23)(H,22,24)/b11-7+. The maximum Gasteiger partial charge on any atom is 0.411 e. The van der Waals surface area contributed by atoms with E-state index in [2.05, 4.69) is 15.4 Å². The van der Waals surface area contributed by atoms with Gasteiger partial charge in [0, 0.05) is 23.9 Å². The zero-order valence-electron chi connectivity index (χ0n) is 15.0. The number of hydrogen-bond donors (Lipinski definition) is 2. The van der Waals surface area contributed by atoms with Gasteiger partial charge in [0.2, 0.25) is 5.91 Å². The van der Waals surface area contributed by atoms with Gasteiger partial charge in [-0.2, -0.15) is 0 Å². The van der Waals surface area contributed by atoms with Crippen LogP contribution in [0.2, 0.25) is 0 Å². The molecule has 136 valence electrons. The SMILES string of the molecule is COC(=O)Nc1ccc(CNC(=O)/C=C/c2cc(C)ccc2OC)cc1. The van der Waals surface area contributed by atoms with Crippen molar-refractivity contribution in [2.75, 3.05) is 19.5 Å². The largest absolute Gasteiger partial charge is 0.496 e. The third kappa shape index (κ3) is 5.66. The van der Waals surface area contributed by atoms with E-state index in [0.717, 1.165) is 16.7 Å². The van der Waals surface area contributed by atoms with Crippen LogP contribution in [0.3, 0.4) is 0 Å². The molecule has 2 amide bonds. The van der Waals surface area contributed by atoms with Crippen LogP contribution in [-0.2, 0) is 16.1 Å². The number of hydrogen-bond acceptors (Lipinski definition) is 4. The Bertz CT molecular complexity index is 798. The molecule has 0 saturated heterocycles. The number of aryl methyl sites for hydroxylation is 1. The molecule has 2 rings (SSSR count). The molecule has 0 radical (unpaired) electrons. The number of carbonyl (C=O) groups excluding carboxylic acids is 2. The summed E-state index contributed by atoms with van der Waals surface area (Å²) in [4.78, 5) is 23.1. The smallest absolute Gasteiger partial charge is 0.411 e. The number of rotatable bonds is 6.